The second-order valence-corrected chi connectivity index (χ2v) is 6.97. The van der Waals surface area contributed by atoms with Crippen LogP contribution in [0.5, 0.6) is 5.75 Å². The van der Waals surface area contributed by atoms with Crippen molar-refractivity contribution >= 4 is 44.9 Å². The SMILES string of the molecule is COc1cc2nc(C)sc2cc1NC(=O)CSc1n[nH]c(C)n1. The quantitative estimate of drug-likeness (QED) is 0.688. The van der Waals surface area contributed by atoms with Gasteiger partial charge in [0.25, 0.3) is 0 Å². The number of rotatable bonds is 5. The number of H-pyrrole nitrogens is 1. The summed E-state index contributed by atoms with van der Waals surface area (Å²) in [6, 6.07) is 3.72. The molecule has 3 rings (SSSR count). The Hall–Kier alpha value is -2.13. The van der Waals surface area contributed by atoms with Gasteiger partial charge in [0.05, 0.1) is 33.8 Å². The standard InChI is InChI=1S/C14H15N5O2S2/c1-7-15-14(19-18-7)22-6-13(20)17-9-5-12-10(4-11(9)21-3)16-8(2)23-12/h4-5H,6H2,1-3H3,(H,17,20)(H,15,18,19). The zero-order valence-corrected chi connectivity index (χ0v) is 14.5. The zero-order chi connectivity index (χ0) is 16.4. The van der Waals surface area contributed by atoms with E-state index in [9.17, 15) is 4.79 Å². The second-order valence-electron chi connectivity index (χ2n) is 4.79. The summed E-state index contributed by atoms with van der Waals surface area (Å²) in [4.78, 5) is 20.7. The molecule has 0 saturated carbocycles. The number of thioether (sulfide) groups is 1. The lowest BCUT2D eigenvalue weighted by Crippen LogP contribution is -2.14. The number of hydrogen-bond donors (Lipinski definition) is 2. The van der Waals surface area contributed by atoms with Gasteiger partial charge in [-0.05, 0) is 19.9 Å². The van der Waals surface area contributed by atoms with Gasteiger partial charge < -0.3 is 10.1 Å². The van der Waals surface area contributed by atoms with Gasteiger partial charge in [0, 0.05) is 6.07 Å². The van der Waals surface area contributed by atoms with Crippen molar-refractivity contribution in [1.29, 1.82) is 0 Å². The third kappa shape index (κ3) is 3.62. The number of anilines is 1. The van der Waals surface area contributed by atoms with E-state index in [2.05, 4.69) is 25.5 Å². The van der Waals surface area contributed by atoms with Crippen LogP contribution < -0.4 is 10.1 Å². The molecule has 120 valence electrons. The molecule has 0 spiro atoms. The van der Waals surface area contributed by atoms with Gasteiger partial charge in [-0.25, -0.2) is 9.97 Å². The number of aryl methyl sites for hydroxylation is 2. The molecular formula is C14H15N5O2S2. The van der Waals surface area contributed by atoms with Gasteiger partial charge in [0.15, 0.2) is 0 Å². The van der Waals surface area contributed by atoms with Crippen molar-refractivity contribution in [2.24, 2.45) is 0 Å². The maximum atomic E-state index is 12.1. The van der Waals surface area contributed by atoms with Crippen molar-refractivity contribution in [3.63, 3.8) is 0 Å². The molecule has 7 nitrogen and oxygen atoms in total. The number of methoxy groups -OCH3 is 1. The van der Waals surface area contributed by atoms with Crippen molar-refractivity contribution in [3.8, 4) is 5.75 Å². The molecule has 23 heavy (non-hydrogen) atoms. The lowest BCUT2D eigenvalue weighted by Gasteiger charge is -2.09. The Balaban J connectivity index is 1.73. The Labute approximate surface area is 140 Å². The molecule has 0 radical (unpaired) electrons. The molecular weight excluding hydrogens is 334 g/mol. The molecule has 2 aromatic heterocycles. The summed E-state index contributed by atoms with van der Waals surface area (Å²) in [5.74, 6) is 1.40. The first kappa shape index (κ1) is 15.8. The van der Waals surface area contributed by atoms with Crippen molar-refractivity contribution < 1.29 is 9.53 Å². The molecule has 1 amide bonds. The van der Waals surface area contributed by atoms with E-state index in [0.29, 0.717) is 16.6 Å². The first-order chi connectivity index (χ1) is 11.0. The van der Waals surface area contributed by atoms with Gasteiger partial charge in [-0.2, -0.15) is 0 Å². The highest BCUT2D eigenvalue weighted by Crippen LogP contribution is 2.33. The number of aromatic nitrogens is 4. The normalized spacial score (nSPS) is 10.9. The van der Waals surface area contributed by atoms with Gasteiger partial charge >= 0.3 is 0 Å². The van der Waals surface area contributed by atoms with E-state index in [1.807, 2.05) is 26.0 Å². The maximum absolute atomic E-state index is 12.1. The van der Waals surface area contributed by atoms with E-state index in [1.165, 1.54) is 11.8 Å². The highest BCUT2D eigenvalue weighted by Gasteiger charge is 2.13. The Bertz CT molecular complexity index is 858. The van der Waals surface area contributed by atoms with Crippen LogP contribution in [-0.4, -0.2) is 38.9 Å². The van der Waals surface area contributed by atoms with E-state index >= 15 is 0 Å². The minimum Gasteiger partial charge on any atom is -0.494 e. The number of benzene rings is 1. The van der Waals surface area contributed by atoms with E-state index in [4.69, 9.17) is 4.74 Å². The van der Waals surface area contributed by atoms with Crippen LogP contribution >= 0.6 is 23.1 Å². The fourth-order valence-corrected chi connectivity index (χ4v) is 3.53. The Morgan fingerprint density at radius 3 is 2.91 bits per heavy atom. The molecule has 0 saturated heterocycles. The molecule has 3 aromatic rings. The van der Waals surface area contributed by atoms with Crippen LogP contribution in [0.4, 0.5) is 5.69 Å². The molecule has 0 atom stereocenters. The van der Waals surface area contributed by atoms with E-state index in [0.717, 1.165) is 21.0 Å². The molecule has 1 aromatic carbocycles. The van der Waals surface area contributed by atoms with Gasteiger partial charge in [0.2, 0.25) is 11.1 Å². The number of carbonyl (C=O) groups is 1. The van der Waals surface area contributed by atoms with Crippen molar-refractivity contribution in [3.05, 3.63) is 23.0 Å². The maximum Gasteiger partial charge on any atom is 0.234 e. The minimum atomic E-state index is -0.142. The van der Waals surface area contributed by atoms with Crippen LogP contribution in [0.2, 0.25) is 0 Å². The summed E-state index contributed by atoms with van der Waals surface area (Å²) >= 11 is 2.85. The van der Waals surface area contributed by atoms with Gasteiger partial charge in [0.1, 0.15) is 11.6 Å². The minimum absolute atomic E-state index is 0.142. The largest absolute Gasteiger partial charge is 0.494 e. The predicted molar refractivity (Wildman–Crippen MR) is 91.4 cm³/mol. The van der Waals surface area contributed by atoms with Crippen LogP contribution in [0.3, 0.4) is 0 Å². The first-order valence-electron chi connectivity index (χ1n) is 6.82. The predicted octanol–water partition coefficient (Wildman–Crippen LogP) is 2.77. The topological polar surface area (TPSA) is 92.8 Å². The number of thiazole rings is 1. The van der Waals surface area contributed by atoms with Crippen LogP contribution in [0.25, 0.3) is 10.2 Å². The molecule has 0 fully saturated rings. The van der Waals surface area contributed by atoms with Crippen molar-refractivity contribution in [1.82, 2.24) is 20.2 Å². The summed E-state index contributed by atoms with van der Waals surface area (Å²) < 4.78 is 6.35. The van der Waals surface area contributed by atoms with Gasteiger partial charge in [-0.3, -0.25) is 9.89 Å². The van der Waals surface area contributed by atoms with Crippen molar-refractivity contribution in [2.75, 3.05) is 18.2 Å². The molecule has 9 heteroatoms. The third-order valence-electron chi connectivity index (χ3n) is 3.00. The van der Waals surface area contributed by atoms with Crippen LogP contribution in [0.15, 0.2) is 17.3 Å². The number of hydrogen-bond acceptors (Lipinski definition) is 7. The smallest absolute Gasteiger partial charge is 0.234 e. The fraction of sp³-hybridized carbons (Fsp3) is 0.286. The number of ether oxygens (including phenoxy) is 1. The summed E-state index contributed by atoms with van der Waals surface area (Å²) in [5, 5.41) is 11.1. The Kier molecular flexibility index (Phi) is 4.49. The average Bonchev–Trinajstić information content (AvgIpc) is 3.08. The average molecular weight is 349 g/mol. The molecule has 0 aliphatic rings. The van der Waals surface area contributed by atoms with E-state index < -0.39 is 0 Å². The first-order valence-corrected chi connectivity index (χ1v) is 8.62. The monoisotopic (exact) mass is 349 g/mol. The van der Waals surface area contributed by atoms with Crippen LogP contribution in [-0.2, 0) is 4.79 Å². The van der Waals surface area contributed by atoms with Crippen LogP contribution in [0, 0.1) is 13.8 Å². The zero-order valence-electron chi connectivity index (χ0n) is 12.8. The number of carbonyl (C=O) groups excluding carboxylic acids is 1. The van der Waals surface area contributed by atoms with E-state index in [1.54, 1.807) is 18.4 Å². The lowest BCUT2D eigenvalue weighted by molar-refractivity contribution is -0.113. The highest BCUT2D eigenvalue weighted by molar-refractivity contribution is 7.99. The number of nitrogens with zero attached hydrogens (tertiary/aromatic N) is 3. The second kappa shape index (κ2) is 6.55. The van der Waals surface area contributed by atoms with E-state index in [-0.39, 0.29) is 11.7 Å². The fourth-order valence-electron chi connectivity index (χ4n) is 2.04. The molecule has 2 N–H and O–H groups in total. The van der Waals surface area contributed by atoms with Crippen LogP contribution in [0.1, 0.15) is 10.8 Å². The Morgan fingerprint density at radius 1 is 1.39 bits per heavy atom. The number of fused-ring (bicyclic) bond motifs is 1. The summed E-state index contributed by atoms with van der Waals surface area (Å²) in [7, 11) is 1.57. The number of amides is 1. The summed E-state index contributed by atoms with van der Waals surface area (Å²) in [6.07, 6.45) is 0. The number of nitrogens with one attached hydrogen (secondary N) is 2. The Morgan fingerprint density at radius 2 is 2.22 bits per heavy atom. The molecule has 0 aliphatic carbocycles. The molecule has 0 unspecified atom stereocenters. The summed E-state index contributed by atoms with van der Waals surface area (Å²) in [6.45, 7) is 3.76. The summed E-state index contributed by atoms with van der Waals surface area (Å²) in [5.41, 5.74) is 1.51. The highest BCUT2D eigenvalue weighted by atomic mass is 32.2. The van der Waals surface area contributed by atoms with Gasteiger partial charge in [-0.15, -0.1) is 16.4 Å². The van der Waals surface area contributed by atoms with Crippen molar-refractivity contribution in [2.45, 2.75) is 19.0 Å². The molecule has 2 heterocycles. The molecule has 0 aliphatic heterocycles. The van der Waals surface area contributed by atoms with Gasteiger partial charge in [-0.1, -0.05) is 11.8 Å². The number of aromatic amines is 1. The molecule has 0 bridgehead atoms. The third-order valence-corrected chi connectivity index (χ3v) is 4.78. The lowest BCUT2D eigenvalue weighted by atomic mass is 10.2.